The zero-order valence-corrected chi connectivity index (χ0v) is 37.4. The molecule has 0 aliphatic rings. The minimum atomic E-state index is -1.52. The van der Waals surface area contributed by atoms with Gasteiger partial charge in [-0.3, -0.25) is 9.59 Å². The van der Waals surface area contributed by atoms with Crippen molar-refractivity contribution < 1.29 is 42.9 Å². The molecular weight excluding hydrogens is 731 g/mol. The lowest BCUT2D eigenvalue weighted by atomic mass is 10.1. The smallest absolute Gasteiger partial charge is 0.361 e. The Kier molecular flexibility index (Phi) is 38.2. The molecule has 0 aliphatic carbocycles. The van der Waals surface area contributed by atoms with Gasteiger partial charge in [0.25, 0.3) is 6.29 Å². The van der Waals surface area contributed by atoms with Gasteiger partial charge in [-0.05, 0) is 77.0 Å². The highest BCUT2D eigenvalue weighted by atomic mass is 16.7. The fraction of sp³-hybridized carbons (Fsp3) is 0.694. The van der Waals surface area contributed by atoms with Gasteiger partial charge < -0.3 is 28.5 Å². The predicted molar refractivity (Wildman–Crippen MR) is 239 cm³/mol. The van der Waals surface area contributed by atoms with Gasteiger partial charge >= 0.3 is 17.9 Å². The number of nitrogens with zero attached hydrogens (tertiary/aromatic N) is 1. The van der Waals surface area contributed by atoms with Gasteiger partial charge in [-0.2, -0.15) is 0 Å². The van der Waals surface area contributed by atoms with Crippen molar-refractivity contribution in [2.24, 2.45) is 0 Å². The van der Waals surface area contributed by atoms with Crippen molar-refractivity contribution in [3.63, 3.8) is 0 Å². The van der Waals surface area contributed by atoms with E-state index in [4.69, 9.17) is 18.9 Å². The molecule has 2 atom stereocenters. The molecule has 0 aromatic carbocycles. The maximum absolute atomic E-state index is 12.8. The molecule has 0 aliphatic heterocycles. The van der Waals surface area contributed by atoms with Crippen LogP contribution in [0, 0.1) is 0 Å². The Morgan fingerprint density at radius 1 is 0.534 bits per heavy atom. The van der Waals surface area contributed by atoms with Crippen LogP contribution >= 0.6 is 0 Å². The molecule has 9 nitrogen and oxygen atoms in total. The first-order chi connectivity index (χ1) is 28.1. The van der Waals surface area contributed by atoms with Gasteiger partial charge in [-0.1, -0.05) is 145 Å². The number of unbranched alkanes of at least 4 members (excludes halogenated alkanes) is 13. The summed E-state index contributed by atoms with van der Waals surface area (Å²) in [6.07, 6.45) is 46.8. The van der Waals surface area contributed by atoms with Crippen molar-refractivity contribution in [3.8, 4) is 0 Å². The summed E-state index contributed by atoms with van der Waals surface area (Å²) in [5.41, 5.74) is 0. The van der Waals surface area contributed by atoms with E-state index >= 15 is 0 Å². The number of aliphatic carboxylic acids is 1. The molecule has 0 saturated carbocycles. The molecule has 0 spiro atoms. The summed E-state index contributed by atoms with van der Waals surface area (Å²) < 4.78 is 22.7. The SMILES string of the molecule is CC/C=C\C/C=C\C/C=C\C/C=C\C/C=C\CCCCCCCCCC(=O)OC(COC(=O)CCCCCCC/C=C\CCC)COC(OCC[N+](C)(C)C)C(=O)O. The van der Waals surface area contributed by atoms with Crippen molar-refractivity contribution in [2.75, 3.05) is 47.5 Å². The van der Waals surface area contributed by atoms with E-state index < -0.39 is 24.3 Å². The highest BCUT2D eigenvalue weighted by molar-refractivity contribution is 5.71. The molecule has 0 aromatic heterocycles. The zero-order valence-electron chi connectivity index (χ0n) is 37.4. The lowest BCUT2D eigenvalue weighted by molar-refractivity contribution is -0.870. The highest BCUT2D eigenvalue weighted by Gasteiger charge is 2.25. The minimum Gasteiger partial charge on any atom is -0.477 e. The Hall–Kier alpha value is -3.27. The minimum absolute atomic E-state index is 0.180. The first-order valence-electron chi connectivity index (χ1n) is 22.6. The zero-order chi connectivity index (χ0) is 42.8. The van der Waals surface area contributed by atoms with E-state index in [0.717, 1.165) is 103 Å². The van der Waals surface area contributed by atoms with Crippen LogP contribution in [0.1, 0.15) is 162 Å². The first-order valence-corrected chi connectivity index (χ1v) is 22.6. The maximum Gasteiger partial charge on any atom is 0.361 e. The average molecular weight is 815 g/mol. The van der Waals surface area contributed by atoms with Crippen LogP contribution in [0.5, 0.6) is 0 Å². The van der Waals surface area contributed by atoms with Crippen LogP contribution in [-0.2, 0) is 33.3 Å². The standard InChI is InChI=1S/C49H83NO8/c1-6-8-10-12-14-16-18-19-20-21-22-23-24-25-26-27-28-29-30-32-34-36-38-40-47(52)58-45(44-57-49(48(53)54)55-42-41-50(3,4)5)43-56-46(51)39-37-35-33-31-17-15-13-11-9-7-2/h8,10-11,13-14,16,19-20,22-23,25-26,45,49H,6-7,9,12,15,17-18,21,24,27-44H2,1-5H3/p+1/b10-8-,13-11-,16-14-,20-19-,23-22-,26-25-. The van der Waals surface area contributed by atoms with E-state index in [9.17, 15) is 19.5 Å². The van der Waals surface area contributed by atoms with Crippen molar-refractivity contribution in [3.05, 3.63) is 72.9 Å². The lowest BCUT2D eigenvalue weighted by Gasteiger charge is -2.25. The van der Waals surface area contributed by atoms with Crippen LogP contribution < -0.4 is 0 Å². The quantitative estimate of drug-likeness (QED) is 0.0214. The molecule has 332 valence electrons. The number of carbonyl (C=O) groups is 3. The van der Waals surface area contributed by atoms with E-state index in [2.05, 4.69) is 86.8 Å². The number of hydrogen-bond donors (Lipinski definition) is 1. The Morgan fingerprint density at radius 2 is 0.983 bits per heavy atom. The van der Waals surface area contributed by atoms with Crippen molar-refractivity contribution in [1.82, 2.24) is 0 Å². The summed E-state index contributed by atoms with van der Waals surface area (Å²) in [6.45, 7) is 4.64. The second-order valence-corrected chi connectivity index (χ2v) is 16.0. The summed E-state index contributed by atoms with van der Waals surface area (Å²) in [5.74, 6) is -2.05. The van der Waals surface area contributed by atoms with Gasteiger partial charge in [0, 0.05) is 12.8 Å². The fourth-order valence-electron chi connectivity index (χ4n) is 5.69. The summed E-state index contributed by atoms with van der Waals surface area (Å²) in [7, 11) is 5.94. The topological polar surface area (TPSA) is 108 Å². The van der Waals surface area contributed by atoms with Gasteiger partial charge in [0.1, 0.15) is 13.2 Å². The van der Waals surface area contributed by atoms with E-state index in [1.54, 1.807) is 0 Å². The van der Waals surface area contributed by atoms with Crippen LogP contribution in [0.4, 0.5) is 0 Å². The van der Waals surface area contributed by atoms with E-state index in [0.29, 0.717) is 17.4 Å². The molecule has 1 N–H and O–H groups in total. The molecule has 0 heterocycles. The summed E-state index contributed by atoms with van der Waals surface area (Å²) in [4.78, 5) is 37.0. The Balaban J connectivity index is 4.39. The van der Waals surface area contributed by atoms with Crippen LogP contribution in [0.3, 0.4) is 0 Å². The normalized spacial score (nSPS) is 13.6. The fourth-order valence-corrected chi connectivity index (χ4v) is 5.69. The number of hydrogen-bond acceptors (Lipinski definition) is 7. The number of likely N-dealkylation sites (N-methyl/N-ethyl adjacent to an activating group) is 1. The number of ether oxygens (including phenoxy) is 4. The molecule has 0 bridgehead atoms. The second-order valence-electron chi connectivity index (χ2n) is 16.0. The van der Waals surface area contributed by atoms with Crippen molar-refractivity contribution >= 4 is 17.9 Å². The van der Waals surface area contributed by atoms with Gasteiger partial charge in [0.15, 0.2) is 6.10 Å². The molecule has 0 saturated heterocycles. The highest BCUT2D eigenvalue weighted by Crippen LogP contribution is 2.13. The molecular formula is C49H84NO8+. The third-order valence-corrected chi connectivity index (χ3v) is 9.18. The van der Waals surface area contributed by atoms with Crippen LogP contribution in [0.25, 0.3) is 0 Å². The van der Waals surface area contributed by atoms with E-state index in [1.165, 1.54) is 25.7 Å². The summed E-state index contributed by atoms with van der Waals surface area (Å²) in [5, 5.41) is 9.62. The van der Waals surface area contributed by atoms with E-state index in [1.807, 2.05) is 21.1 Å². The Labute approximate surface area is 354 Å². The second kappa shape index (κ2) is 40.5. The molecule has 9 heteroatoms. The lowest BCUT2D eigenvalue weighted by Crippen LogP contribution is -2.40. The van der Waals surface area contributed by atoms with Gasteiger partial charge in [0.2, 0.25) is 0 Å². The number of allylic oxidation sites excluding steroid dienone is 12. The largest absolute Gasteiger partial charge is 0.477 e. The molecule has 0 amide bonds. The molecule has 0 rings (SSSR count). The number of esters is 2. The third kappa shape index (κ3) is 40.9. The number of rotatable bonds is 40. The maximum atomic E-state index is 12.8. The third-order valence-electron chi connectivity index (χ3n) is 9.18. The molecule has 58 heavy (non-hydrogen) atoms. The Bertz CT molecular complexity index is 1180. The first kappa shape index (κ1) is 54.7. The van der Waals surface area contributed by atoms with Crippen LogP contribution in [0.2, 0.25) is 0 Å². The number of carboxylic acid groups (broad SMARTS) is 1. The average Bonchev–Trinajstić information content (AvgIpc) is 3.18. The Morgan fingerprint density at radius 3 is 1.48 bits per heavy atom. The predicted octanol–water partition coefficient (Wildman–Crippen LogP) is 11.9. The number of carboxylic acids is 1. The molecule has 0 aromatic rings. The van der Waals surface area contributed by atoms with Gasteiger partial charge in [-0.25, -0.2) is 4.79 Å². The van der Waals surface area contributed by atoms with Crippen LogP contribution in [0.15, 0.2) is 72.9 Å². The number of carbonyl (C=O) groups excluding carboxylic acids is 2. The van der Waals surface area contributed by atoms with Crippen LogP contribution in [-0.4, -0.2) is 87.4 Å². The van der Waals surface area contributed by atoms with Crippen molar-refractivity contribution in [1.29, 1.82) is 0 Å². The molecule has 2 unspecified atom stereocenters. The molecule has 0 fully saturated rings. The summed E-state index contributed by atoms with van der Waals surface area (Å²) >= 11 is 0. The van der Waals surface area contributed by atoms with E-state index in [-0.39, 0.29) is 38.6 Å². The monoisotopic (exact) mass is 815 g/mol. The number of quaternary nitrogens is 1. The van der Waals surface area contributed by atoms with Gasteiger partial charge in [-0.15, -0.1) is 0 Å². The molecule has 0 radical (unpaired) electrons. The van der Waals surface area contributed by atoms with Crippen molar-refractivity contribution in [2.45, 2.75) is 174 Å². The summed E-state index contributed by atoms with van der Waals surface area (Å²) in [6, 6.07) is 0. The van der Waals surface area contributed by atoms with Gasteiger partial charge in [0.05, 0.1) is 34.4 Å².